The fourth-order valence-corrected chi connectivity index (χ4v) is 5.94. The molecule has 0 spiro atoms. The van der Waals surface area contributed by atoms with Gasteiger partial charge in [0.25, 0.3) is 5.79 Å². The second-order valence-corrected chi connectivity index (χ2v) is 10.9. The number of ether oxygens (including phenoxy) is 3. The van der Waals surface area contributed by atoms with Crippen LogP contribution in [0.25, 0.3) is 0 Å². The number of ketones is 1. The van der Waals surface area contributed by atoms with Gasteiger partial charge in [-0.05, 0) is 58.1 Å². The lowest BCUT2D eigenvalue weighted by molar-refractivity contribution is -0.172. The molecule has 0 saturated heterocycles. The topological polar surface area (TPSA) is 61.8 Å². The van der Waals surface area contributed by atoms with Crippen molar-refractivity contribution in [2.45, 2.75) is 84.3 Å². The molecule has 0 aromatic heterocycles. The highest BCUT2D eigenvalue weighted by Crippen LogP contribution is 2.55. The summed E-state index contributed by atoms with van der Waals surface area (Å²) in [5.41, 5.74) is 5.20. The molecule has 5 nitrogen and oxygen atoms in total. The van der Waals surface area contributed by atoms with Crippen molar-refractivity contribution < 1.29 is 23.8 Å². The number of aryl methyl sites for hydroxylation is 2. The van der Waals surface area contributed by atoms with E-state index >= 15 is 0 Å². The van der Waals surface area contributed by atoms with Crippen LogP contribution in [-0.4, -0.2) is 11.8 Å². The van der Waals surface area contributed by atoms with Crippen LogP contribution in [0.2, 0.25) is 0 Å². The summed E-state index contributed by atoms with van der Waals surface area (Å²) in [7, 11) is 0. The lowest BCUT2D eigenvalue weighted by atomic mass is 9.73. The number of unbranched alkanes of at least 4 members (excludes halogenated alkanes) is 2. The van der Waals surface area contributed by atoms with Crippen molar-refractivity contribution in [3.05, 3.63) is 82.1 Å². The van der Waals surface area contributed by atoms with Crippen molar-refractivity contribution in [1.29, 1.82) is 0 Å². The number of benzene rings is 2. The number of hydrogen-bond donors (Lipinski definition) is 0. The maximum atomic E-state index is 13.9. The molecule has 0 amide bonds. The predicted octanol–water partition coefficient (Wildman–Crippen LogP) is 7.46. The predicted molar refractivity (Wildman–Crippen MR) is 143 cm³/mol. The number of carbonyl (C=O) groups is 2. The first kappa shape index (κ1) is 25.3. The Hall–Kier alpha value is -3.34. The van der Waals surface area contributed by atoms with Gasteiger partial charge in [-0.15, -0.1) is 0 Å². The molecule has 194 valence electrons. The van der Waals surface area contributed by atoms with E-state index in [1.807, 2.05) is 37.3 Å². The van der Waals surface area contributed by atoms with Gasteiger partial charge in [0.2, 0.25) is 0 Å². The Morgan fingerprint density at radius 3 is 2.59 bits per heavy atom. The van der Waals surface area contributed by atoms with Gasteiger partial charge in [0.15, 0.2) is 0 Å². The zero-order valence-electron chi connectivity index (χ0n) is 22.3. The van der Waals surface area contributed by atoms with Crippen LogP contribution in [0.5, 0.6) is 11.5 Å². The van der Waals surface area contributed by atoms with Crippen molar-refractivity contribution in [3.8, 4) is 11.5 Å². The van der Waals surface area contributed by atoms with Gasteiger partial charge in [0.1, 0.15) is 28.6 Å². The van der Waals surface area contributed by atoms with E-state index in [0.29, 0.717) is 29.0 Å². The Labute approximate surface area is 219 Å². The molecule has 2 aromatic rings. The van der Waals surface area contributed by atoms with Crippen molar-refractivity contribution in [2.75, 3.05) is 0 Å². The van der Waals surface area contributed by atoms with Crippen molar-refractivity contribution >= 4 is 11.8 Å². The van der Waals surface area contributed by atoms with Crippen LogP contribution < -0.4 is 9.47 Å². The summed E-state index contributed by atoms with van der Waals surface area (Å²) in [5, 5.41) is 0. The number of esters is 1. The standard InChI is InChI=1S/C32H36O5/c1-6-7-8-9-23-17-27-29(26-16-20(3)12-15-25(26)22(5)35-27)30-28(23)31(34)37-32(36-30,18-21(4)33)24-13-10-19(2)11-14-24/h10-11,13-14,16-17,25-26H,5-9,12,15,18H2,1-4H3. The third-order valence-corrected chi connectivity index (χ3v) is 7.85. The lowest BCUT2D eigenvalue weighted by Crippen LogP contribution is -2.44. The molecule has 2 aliphatic heterocycles. The third-order valence-electron chi connectivity index (χ3n) is 7.85. The number of allylic oxidation sites excluding steroid dienone is 3. The molecule has 0 N–H and O–H groups in total. The Bertz CT molecular complexity index is 1290. The second-order valence-electron chi connectivity index (χ2n) is 10.9. The summed E-state index contributed by atoms with van der Waals surface area (Å²) in [6.07, 6.45) is 7.88. The maximum absolute atomic E-state index is 13.9. The lowest BCUT2D eigenvalue weighted by Gasteiger charge is -2.43. The van der Waals surface area contributed by atoms with Gasteiger partial charge in [-0.1, -0.05) is 67.8 Å². The van der Waals surface area contributed by atoms with Gasteiger partial charge >= 0.3 is 5.97 Å². The van der Waals surface area contributed by atoms with Crippen LogP contribution >= 0.6 is 0 Å². The first-order valence-electron chi connectivity index (χ1n) is 13.4. The second kappa shape index (κ2) is 9.85. The molecule has 37 heavy (non-hydrogen) atoms. The first-order valence-corrected chi connectivity index (χ1v) is 13.4. The number of cyclic esters (lactones) is 1. The molecule has 1 aliphatic carbocycles. The summed E-state index contributed by atoms with van der Waals surface area (Å²) in [5.74, 6) is -0.0650. The Balaban J connectivity index is 1.73. The Morgan fingerprint density at radius 1 is 1.14 bits per heavy atom. The Morgan fingerprint density at radius 2 is 1.89 bits per heavy atom. The van der Waals surface area contributed by atoms with Crippen LogP contribution in [0, 0.1) is 12.8 Å². The van der Waals surface area contributed by atoms with Crippen LogP contribution in [0.1, 0.15) is 97.8 Å². The average molecular weight is 501 g/mol. The van der Waals surface area contributed by atoms with Gasteiger partial charge in [0, 0.05) is 23.0 Å². The van der Waals surface area contributed by atoms with Gasteiger partial charge in [-0.25, -0.2) is 4.79 Å². The molecule has 5 heteroatoms. The zero-order chi connectivity index (χ0) is 26.3. The van der Waals surface area contributed by atoms with Crippen LogP contribution in [-0.2, 0) is 21.7 Å². The summed E-state index contributed by atoms with van der Waals surface area (Å²) in [6, 6.07) is 9.62. The number of fused-ring (bicyclic) bond motifs is 5. The normalized spacial score (nSPS) is 24.1. The van der Waals surface area contributed by atoms with Gasteiger partial charge in [0.05, 0.1) is 6.42 Å². The quantitative estimate of drug-likeness (QED) is 0.224. The van der Waals surface area contributed by atoms with Crippen LogP contribution in [0.3, 0.4) is 0 Å². The highest BCUT2D eigenvalue weighted by Gasteiger charge is 2.49. The minimum absolute atomic E-state index is 0.0117. The SMILES string of the molecule is C=C1Oc2cc(CCCCC)c3c(c2C2C=C(C)CCC12)OC(CC(C)=O)(c1ccc(C)cc1)OC3=O. The fourth-order valence-electron chi connectivity index (χ4n) is 5.94. The van der Waals surface area contributed by atoms with E-state index in [2.05, 4.69) is 26.5 Å². The largest absolute Gasteiger partial charge is 0.462 e. The molecular formula is C32H36O5. The van der Waals surface area contributed by atoms with E-state index < -0.39 is 11.8 Å². The molecule has 0 bridgehead atoms. The minimum atomic E-state index is -1.53. The summed E-state index contributed by atoms with van der Waals surface area (Å²) in [4.78, 5) is 26.4. The summed E-state index contributed by atoms with van der Waals surface area (Å²) in [6.45, 7) is 12.0. The smallest absolute Gasteiger partial charge is 0.345 e. The van der Waals surface area contributed by atoms with Gasteiger partial charge in [-0.2, -0.15) is 0 Å². The molecule has 0 fully saturated rings. The summed E-state index contributed by atoms with van der Waals surface area (Å²) >= 11 is 0. The van der Waals surface area contributed by atoms with E-state index in [1.165, 1.54) is 12.5 Å². The highest BCUT2D eigenvalue weighted by molar-refractivity contribution is 5.97. The van der Waals surface area contributed by atoms with Crippen molar-refractivity contribution in [1.82, 2.24) is 0 Å². The van der Waals surface area contributed by atoms with E-state index in [1.54, 1.807) is 0 Å². The number of carbonyl (C=O) groups excluding carboxylic acids is 2. The fraction of sp³-hybridized carbons (Fsp3) is 0.438. The highest BCUT2D eigenvalue weighted by atomic mass is 16.7. The molecule has 3 aliphatic rings. The molecule has 2 aromatic carbocycles. The van der Waals surface area contributed by atoms with Crippen LogP contribution in [0.15, 0.2) is 54.3 Å². The molecule has 5 rings (SSSR count). The number of hydrogen-bond acceptors (Lipinski definition) is 5. The monoisotopic (exact) mass is 500 g/mol. The maximum Gasteiger partial charge on any atom is 0.345 e. The molecular weight excluding hydrogens is 464 g/mol. The third kappa shape index (κ3) is 4.60. The molecule has 0 saturated carbocycles. The van der Waals surface area contributed by atoms with Crippen molar-refractivity contribution in [2.24, 2.45) is 5.92 Å². The Kier molecular flexibility index (Phi) is 6.74. The van der Waals surface area contributed by atoms with Crippen LogP contribution in [0.4, 0.5) is 0 Å². The molecule has 3 unspecified atom stereocenters. The van der Waals surface area contributed by atoms with Gasteiger partial charge < -0.3 is 14.2 Å². The average Bonchev–Trinajstić information content (AvgIpc) is 2.83. The molecule has 2 heterocycles. The molecule has 0 radical (unpaired) electrons. The number of rotatable bonds is 7. The van der Waals surface area contributed by atoms with Crippen molar-refractivity contribution in [3.63, 3.8) is 0 Å². The van der Waals surface area contributed by atoms with E-state index in [0.717, 1.165) is 54.6 Å². The van der Waals surface area contributed by atoms with E-state index in [9.17, 15) is 9.59 Å². The first-order chi connectivity index (χ1) is 17.7. The molecule has 3 atom stereocenters. The zero-order valence-corrected chi connectivity index (χ0v) is 22.3. The van der Waals surface area contributed by atoms with Gasteiger partial charge in [-0.3, -0.25) is 4.79 Å². The number of Topliss-reactive ketones (excluding diaryl/α,β-unsaturated/α-hetero) is 1. The van der Waals surface area contributed by atoms with E-state index in [4.69, 9.17) is 14.2 Å². The van der Waals surface area contributed by atoms with E-state index in [-0.39, 0.29) is 24.0 Å². The summed E-state index contributed by atoms with van der Waals surface area (Å²) < 4.78 is 19.2. The minimum Gasteiger partial charge on any atom is -0.462 e.